The minimum atomic E-state index is 0.494. The van der Waals surface area contributed by atoms with Crippen molar-refractivity contribution in [1.29, 1.82) is 0 Å². The molecule has 0 radical (unpaired) electrons. The fraction of sp³-hybridized carbons (Fsp3) is 0.579. The lowest BCUT2D eigenvalue weighted by molar-refractivity contribution is 0.139. The summed E-state index contributed by atoms with van der Waals surface area (Å²) < 4.78 is 0. The van der Waals surface area contributed by atoms with Gasteiger partial charge in [-0.15, -0.1) is 0 Å². The van der Waals surface area contributed by atoms with E-state index in [4.69, 9.17) is 0 Å². The van der Waals surface area contributed by atoms with Gasteiger partial charge in [0.05, 0.1) is 6.04 Å². The highest BCUT2D eigenvalue weighted by Gasteiger charge is 2.37. The molecule has 1 saturated carbocycles. The number of hydrogen-bond donors (Lipinski definition) is 0. The van der Waals surface area contributed by atoms with Crippen LogP contribution in [0.15, 0.2) is 47.6 Å². The van der Waals surface area contributed by atoms with Gasteiger partial charge in [0.2, 0.25) is 0 Å². The van der Waals surface area contributed by atoms with Crippen LogP contribution in [-0.2, 0) is 0 Å². The summed E-state index contributed by atoms with van der Waals surface area (Å²) in [6, 6.07) is 0.494. The zero-order valence-corrected chi connectivity index (χ0v) is 13.0. The lowest BCUT2D eigenvalue weighted by atomic mass is 9.89. The maximum absolute atomic E-state index is 2.69. The van der Waals surface area contributed by atoms with Crippen molar-refractivity contribution in [2.24, 2.45) is 11.8 Å². The third-order valence-electron chi connectivity index (χ3n) is 5.39. The van der Waals surface area contributed by atoms with Crippen LogP contribution in [-0.4, -0.2) is 49.1 Å². The second kappa shape index (κ2) is 5.58. The Bertz CT molecular complexity index is 518. The number of fused-ring (bicyclic) bond motifs is 1. The fourth-order valence-electron chi connectivity index (χ4n) is 3.90. The number of piperazine rings is 1. The molecule has 3 unspecified atom stereocenters. The van der Waals surface area contributed by atoms with Crippen molar-refractivity contribution in [3.8, 4) is 0 Å². The molecule has 1 aliphatic heterocycles. The number of nitrogens with zero attached hydrogens (tertiary/aromatic N) is 2. The van der Waals surface area contributed by atoms with Gasteiger partial charge in [0, 0.05) is 26.2 Å². The lowest BCUT2D eigenvalue weighted by Crippen LogP contribution is -2.50. The van der Waals surface area contributed by atoms with Crippen molar-refractivity contribution in [2.45, 2.75) is 25.3 Å². The molecule has 2 heteroatoms. The van der Waals surface area contributed by atoms with Crippen LogP contribution < -0.4 is 0 Å². The SMILES string of the molecule is CN1CCN(C(C2=CCCC=C2)C2=CC3CC3C=C2)CC1. The van der Waals surface area contributed by atoms with Gasteiger partial charge in [-0.25, -0.2) is 0 Å². The standard InChI is InChI=1S/C19H26N2/c1-20-9-11-21(12-10-20)19(15-5-3-2-4-6-15)17-8-7-16-13-18(16)14-17/h3,5-8,14,16,18-19H,2,4,9-13H2,1H3. The molecule has 3 atom stereocenters. The molecule has 2 nitrogen and oxygen atoms in total. The quantitative estimate of drug-likeness (QED) is 0.785. The molecule has 0 spiro atoms. The molecule has 0 amide bonds. The zero-order chi connectivity index (χ0) is 14.2. The van der Waals surface area contributed by atoms with Crippen LogP contribution in [0.3, 0.4) is 0 Å². The number of likely N-dealkylation sites (N-methyl/N-ethyl adjacent to an activating group) is 1. The van der Waals surface area contributed by atoms with Gasteiger partial charge in [-0.3, -0.25) is 4.90 Å². The van der Waals surface area contributed by atoms with E-state index in [0.29, 0.717) is 6.04 Å². The predicted octanol–water partition coefficient (Wildman–Crippen LogP) is 3.01. The summed E-state index contributed by atoms with van der Waals surface area (Å²) in [6.07, 6.45) is 18.4. The molecular weight excluding hydrogens is 256 g/mol. The van der Waals surface area contributed by atoms with Gasteiger partial charge in [0.15, 0.2) is 0 Å². The average molecular weight is 282 g/mol. The molecule has 0 bridgehead atoms. The Morgan fingerprint density at radius 3 is 2.57 bits per heavy atom. The highest BCUT2D eigenvalue weighted by atomic mass is 15.3. The highest BCUT2D eigenvalue weighted by molar-refractivity contribution is 5.44. The van der Waals surface area contributed by atoms with Crippen LogP contribution in [0, 0.1) is 11.8 Å². The monoisotopic (exact) mass is 282 g/mol. The molecule has 0 aromatic carbocycles. The Hall–Kier alpha value is -1.12. The van der Waals surface area contributed by atoms with Crippen LogP contribution >= 0.6 is 0 Å². The van der Waals surface area contributed by atoms with Gasteiger partial charge >= 0.3 is 0 Å². The summed E-state index contributed by atoms with van der Waals surface area (Å²) in [4.78, 5) is 5.14. The van der Waals surface area contributed by atoms with Gasteiger partial charge in [0.25, 0.3) is 0 Å². The summed E-state index contributed by atoms with van der Waals surface area (Å²) >= 11 is 0. The first-order chi connectivity index (χ1) is 10.3. The molecule has 3 aliphatic carbocycles. The van der Waals surface area contributed by atoms with Crippen LogP contribution in [0.2, 0.25) is 0 Å². The molecule has 21 heavy (non-hydrogen) atoms. The van der Waals surface area contributed by atoms with E-state index >= 15 is 0 Å². The smallest absolute Gasteiger partial charge is 0.0596 e. The summed E-state index contributed by atoms with van der Waals surface area (Å²) in [6.45, 7) is 4.75. The molecule has 0 aromatic rings. The van der Waals surface area contributed by atoms with E-state index in [1.165, 1.54) is 51.0 Å². The fourth-order valence-corrected chi connectivity index (χ4v) is 3.90. The first-order valence-corrected chi connectivity index (χ1v) is 8.50. The number of allylic oxidation sites excluding steroid dienone is 4. The van der Waals surface area contributed by atoms with Gasteiger partial charge in [-0.05, 0) is 49.3 Å². The van der Waals surface area contributed by atoms with Crippen molar-refractivity contribution >= 4 is 0 Å². The molecule has 1 saturated heterocycles. The van der Waals surface area contributed by atoms with E-state index < -0.39 is 0 Å². The molecular formula is C19H26N2. The Labute approximate surface area is 128 Å². The Balaban J connectivity index is 1.60. The van der Waals surface area contributed by atoms with E-state index in [1.807, 2.05) is 0 Å². The minimum absolute atomic E-state index is 0.494. The van der Waals surface area contributed by atoms with E-state index in [0.717, 1.165) is 11.8 Å². The van der Waals surface area contributed by atoms with E-state index in [1.54, 1.807) is 5.57 Å². The van der Waals surface area contributed by atoms with Gasteiger partial charge < -0.3 is 4.90 Å². The summed E-state index contributed by atoms with van der Waals surface area (Å²) in [5.41, 5.74) is 3.08. The molecule has 4 rings (SSSR count). The first kappa shape index (κ1) is 13.5. The normalized spacial score (nSPS) is 34.1. The number of rotatable bonds is 3. The lowest BCUT2D eigenvalue weighted by Gasteiger charge is -2.40. The molecule has 0 aromatic heterocycles. The minimum Gasteiger partial charge on any atom is -0.304 e. The molecule has 1 heterocycles. The predicted molar refractivity (Wildman–Crippen MR) is 88.1 cm³/mol. The maximum Gasteiger partial charge on any atom is 0.0596 e. The molecule has 2 fully saturated rings. The molecule has 0 N–H and O–H groups in total. The summed E-state index contributed by atoms with van der Waals surface area (Å²) in [5, 5.41) is 0. The summed E-state index contributed by atoms with van der Waals surface area (Å²) in [5.74, 6) is 1.70. The van der Waals surface area contributed by atoms with Crippen molar-refractivity contribution in [1.82, 2.24) is 9.80 Å². The van der Waals surface area contributed by atoms with Crippen molar-refractivity contribution in [3.05, 3.63) is 47.6 Å². The largest absolute Gasteiger partial charge is 0.304 e. The summed E-state index contributed by atoms with van der Waals surface area (Å²) in [7, 11) is 2.24. The zero-order valence-electron chi connectivity index (χ0n) is 13.0. The maximum atomic E-state index is 2.69. The Kier molecular flexibility index (Phi) is 3.60. The van der Waals surface area contributed by atoms with E-state index in [9.17, 15) is 0 Å². The average Bonchev–Trinajstić information content (AvgIpc) is 3.29. The Morgan fingerprint density at radius 1 is 1.00 bits per heavy atom. The topological polar surface area (TPSA) is 6.48 Å². The van der Waals surface area contributed by atoms with Crippen molar-refractivity contribution < 1.29 is 0 Å². The molecule has 4 aliphatic rings. The van der Waals surface area contributed by atoms with E-state index in [2.05, 4.69) is 53.3 Å². The third kappa shape index (κ3) is 2.79. The van der Waals surface area contributed by atoms with Gasteiger partial charge in [-0.1, -0.05) is 36.5 Å². The second-order valence-corrected chi connectivity index (χ2v) is 7.01. The highest BCUT2D eigenvalue weighted by Crippen LogP contribution is 2.45. The number of hydrogen-bond acceptors (Lipinski definition) is 2. The van der Waals surface area contributed by atoms with Crippen LogP contribution in [0.4, 0.5) is 0 Å². The van der Waals surface area contributed by atoms with Crippen molar-refractivity contribution in [3.63, 3.8) is 0 Å². The van der Waals surface area contributed by atoms with Crippen LogP contribution in [0.25, 0.3) is 0 Å². The molecule has 112 valence electrons. The Morgan fingerprint density at radius 2 is 1.86 bits per heavy atom. The van der Waals surface area contributed by atoms with Crippen LogP contribution in [0.1, 0.15) is 19.3 Å². The van der Waals surface area contributed by atoms with Crippen LogP contribution in [0.5, 0.6) is 0 Å². The van der Waals surface area contributed by atoms with Crippen molar-refractivity contribution in [2.75, 3.05) is 33.2 Å². The second-order valence-electron chi connectivity index (χ2n) is 7.01. The third-order valence-corrected chi connectivity index (χ3v) is 5.39. The first-order valence-electron chi connectivity index (χ1n) is 8.50. The van der Waals surface area contributed by atoms with Gasteiger partial charge in [0.1, 0.15) is 0 Å². The van der Waals surface area contributed by atoms with Gasteiger partial charge in [-0.2, -0.15) is 0 Å². The van der Waals surface area contributed by atoms with E-state index in [-0.39, 0.29) is 0 Å².